The summed E-state index contributed by atoms with van der Waals surface area (Å²) < 4.78 is 6.18. The largest absolute Gasteiger partial charge is 0.464 e. The fraction of sp³-hybridized carbons (Fsp3) is 0.214. The molecule has 0 aliphatic heterocycles. The molecule has 0 radical (unpaired) electrons. The number of nitrogens with one attached hydrogen (secondary N) is 1. The zero-order valence-electron chi connectivity index (χ0n) is 10.5. The Balaban J connectivity index is 2.15. The summed E-state index contributed by atoms with van der Waals surface area (Å²) in [6.07, 6.45) is 0. The molecule has 5 heteroatoms. The number of carbonyl (C=O) groups is 1. The van der Waals surface area contributed by atoms with Crippen LogP contribution in [0.1, 0.15) is 34.8 Å². The minimum Gasteiger partial charge on any atom is -0.464 e. The molecule has 0 spiro atoms. The van der Waals surface area contributed by atoms with E-state index in [9.17, 15) is 4.79 Å². The third-order valence-electron chi connectivity index (χ3n) is 2.73. The summed E-state index contributed by atoms with van der Waals surface area (Å²) in [4.78, 5) is 12.2. The van der Waals surface area contributed by atoms with Crippen LogP contribution >= 0.6 is 27.5 Å². The van der Waals surface area contributed by atoms with Crippen LogP contribution in [0.2, 0.25) is 5.02 Å². The molecule has 2 rings (SSSR count). The molecule has 1 N–H and O–H groups in total. The predicted molar refractivity (Wildman–Crippen MR) is 78.5 cm³/mol. The van der Waals surface area contributed by atoms with Gasteiger partial charge in [0.15, 0.2) is 0 Å². The Morgan fingerprint density at radius 1 is 1.37 bits per heavy atom. The van der Waals surface area contributed by atoms with E-state index in [0.29, 0.717) is 15.1 Å². The van der Waals surface area contributed by atoms with E-state index in [1.165, 1.54) is 0 Å². The van der Waals surface area contributed by atoms with Gasteiger partial charge in [0.2, 0.25) is 0 Å². The summed E-state index contributed by atoms with van der Waals surface area (Å²) in [5, 5.41) is 3.26. The number of aryl methyl sites for hydroxylation is 1. The third kappa shape index (κ3) is 3.19. The first-order chi connectivity index (χ1) is 8.99. The molecule has 0 saturated heterocycles. The molecule has 0 bridgehead atoms. The number of carbonyl (C=O) groups excluding carboxylic acids is 1. The molecule has 3 nitrogen and oxygen atoms in total. The van der Waals surface area contributed by atoms with Gasteiger partial charge in [-0.1, -0.05) is 17.7 Å². The van der Waals surface area contributed by atoms with Gasteiger partial charge in [0.1, 0.15) is 11.5 Å². The first-order valence-corrected chi connectivity index (χ1v) is 6.97. The maximum atomic E-state index is 12.2. The quantitative estimate of drug-likeness (QED) is 0.892. The third-order valence-corrected chi connectivity index (χ3v) is 4.03. The molecule has 19 heavy (non-hydrogen) atoms. The highest BCUT2D eigenvalue weighted by atomic mass is 79.9. The van der Waals surface area contributed by atoms with Crippen LogP contribution < -0.4 is 5.32 Å². The lowest BCUT2D eigenvalue weighted by Crippen LogP contribution is -2.26. The molecular formula is C14H13BrClNO2. The topological polar surface area (TPSA) is 42.2 Å². The van der Waals surface area contributed by atoms with Gasteiger partial charge in [-0.25, -0.2) is 0 Å². The second-order valence-corrected chi connectivity index (χ2v) is 5.48. The molecular weight excluding hydrogens is 330 g/mol. The highest BCUT2D eigenvalue weighted by Crippen LogP contribution is 2.26. The molecule has 0 fully saturated rings. The van der Waals surface area contributed by atoms with Gasteiger partial charge in [-0.2, -0.15) is 0 Å². The molecule has 1 amide bonds. The van der Waals surface area contributed by atoms with E-state index >= 15 is 0 Å². The van der Waals surface area contributed by atoms with Gasteiger partial charge in [-0.15, -0.1) is 0 Å². The van der Waals surface area contributed by atoms with Crippen molar-refractivity contribution < 1.29 is 9.21 Å². The Morgan fingerprint density at radius 2 is 2.11 bits per heavy atom. The Labute approximate surface area is 125 Å². The van der Waals surface area contributed by atoms with Crippen molar-refractivity contribution >= 4 is 33.4 Å². The lowest BCUT2D eigenvalue weighted by atomic mass is 10.2. The van der Waals surface area contributed by atoms with Crippen molar-refractivity contribution in [1.82, 2.24) is 5.32 Å². The molecule has 1 aromatic heterocycles. The SMILES string of the molecule is Cc1ccc(C(C)NC(=O)c2cccc(Br)c2Cl)o1. The Morgan fingerprint density at radius 3 is 2.74 bits per heavy atom. The lowest BCUT2D eigenvalue weighted by Gasteiger charge is -2.12. The van der Waals surface area contributed by atoms with Gasteiger partial charge in [0.05, 0.1) is 16.6 Å². The highest BCUT2D eigenvalue weighted by molar-refractivity contribution is 9.10. The normalized spacial score (nSPS) is 12.2. The molecule has 2 aromatic rings. The maximum absolute atomic E-state index is 12.2. The van der Waals surface area contributed by atoms with Crippen molar-refractivity contribution in [2.45, 2.75) is 19.9 Å². The molecule has 0 aliphatic rings. The summed E-state index contributed by atoms with van der Waals surface area (Å²) >= 11 is 9.39. The zero-order valence-corrected chi connectivity index (χ0v) is 12.9. The van der Waals surface area contributed by atoms with Crippen molar-refractivity contribution in [1.29, 1.82) is 0 Å². The number of furan rings is 1. The van der Waals surface area contributed by atoms with Gasteiger partial charge in [-0.05, 0) is 54.0 Å². The summed E-state index contributed by atoms with van der Waals surface area (Å²) in [7, 11) is 0. The monoisotopic (exact) mass is 341 g/mol. The summed E-state index contributed by atoms with van der Waals surface area (Å²) in [5.74, 6) is 1.31. The van der Waals surface area contributed by atoms with Crippen molar-refractivity contribution in [2.75, 3.05) is 0 Å². The van der Waals surface area contributed by atoms with E-state index in [1.807, 2.05) is 26.0 Å². The van der Waals surface area contributed by atoms with Gasteiger partial charge in [-0.3, -0.25) is 4.79 Å². The van der Waals surface area contributed by atoms with Gasteiger partial charge in [0.25, 0.3) is 5.91 Å². The average Bonchev–Trinajstić information content (AvgIpc) is 2.79. The fourth-order valence-corrected chi connectivity index (χ4v) is 2.29. The Kier molecular flexibility index (Phi) is 4.32. The average molecular weight is 343 g/mol. The van der Waals surface area contributed by atoms with Gasteiger partial charge >= 0.3 is 0 Å². The number of halogens is 2. The minimum absolute atomic E-state index is 0.212. The van der Waals surface area contributed by atoms with Gasteiger partial charge < -0.3 is 9.73 Å². The second kappa shape index (κ2) is 5.80. The minimum atomic E-state index is -0.229. The van der Waals surface area contributed by atoms with Crippen LogP contribution in [0.3, 0.4) is 0 Å². The maximum Gasteiger partial charge on any atom is 0.253 e. The van der Waals surface area contributed by atoms with Gasteiger partial charge in [0, 0.05) is 4.47 Å². The highest BCUT2D eigenvalue weighted by Gasteiger charge is 2.17. The molecule has 0 saturated carbocycles. The molecule has 1 aromatic carbocycles. The number of hydrogen-bond acceptors (Lipinski definition) is 2. The van der Waals surface area contributed by atoms with Crippen molar-refractivity contribution in [3.63, 3.8) is 0 Å². The van der Waals surface area contributed by atoms with Crippen LogP contribution in [-0.2, 0) is 0 Å². The summed E-state index contributed by atoms with van der Waals surface area (Å²) in [6.45, 7) is 3.73. The predicted octanol–water partition coefficient (Wildman–Crippen LogP) is 4.49. The first-order valence-electron chi connectivity index (χ1n) is 5.80. The van der Waals surface area contributed by atoms with E-state index in [1.54, 1.807) is 18.2 Å². The smallest absolute Gasteiger partial charge is 0.253 e. The van der Waals surface area contributed by atoms with Crippen molar-refractivity contribution in [3.8, 4) is 0 Å². The number of amides is 1. The van der Waals surface area contributed by atoms with Crippen LogP contribution in [-0.4, -0.2) is 5.91 Å². The first kappa shape index (κ1) is 14.2. The molecule has 0 aliphatic carbocycles. The zero-order chi connectivity index (χ0) is 14.0. The van der Waals surface area contributed by atoms with E-state index in [4.69, 9.17) is 16.0 Å². The van der Waals surface area contributed by atoms with Crippen LogP contribution in [0.25, 0.3) is 0 Å². The number of rotatable bonds is 3. The van der Waals surface area contributed by atoms with E-state index in [0.717, 1.165) is 11.5 Å². The standard InChI is InChI=1S/C14H13BrClNO2/c1-8-6-7-12(19-8)9(2)17-14(18)10-4-3-5-11(15)13(10)16/h3-7,9H,1-2H3,(H,17,18). The summed E-state index contributed by atoms with van der Waals surface area (Å²) in [5.41, 5.74) is 0.436. The van der Waals surface area contributed by atoms with Crippen molar-refractivity contribution in [2.24, 2.45) is 0 Å². The Bertz CT molecular complexity index is 609. The molecule has 1 unspecified atom stereocenters. The van der Waals surface area contributed by atoms with Crippen LogP contribution in [0.4, 0.5) is 0 Å². The van der Waals surface area contributed by atoms with Crippen LogP contribution in [0, 0.1) is 6.92 Å². The number of hydrogen-bond donors (Lipinski definition) is 1. The number of benzene rings is 1. The fourth-order valence-electron chi connectivity index (χ4n) is 1.71. The summed E-state index contributed by atoms with van der Waals surface area (Å²) in [6, 6.07) is 8.75. The second-order valence-electron chi connectivity index (χ2n) is 4.24. The van der Waals surface area contributed by atoms with E-state index in [2.05, 4.69) is 21.2 Å². The Hall–Kier alpha value is -1.26. The lowest BCUT2D eigenvalue weighted by molar-refractivity contribution is 0.0935. The van der Waals surface area contributed by atoms with Crippen LogP contribution in [0.15, 0.2) is 39.2 Å². The van der Waals surface area contributed by atoms with Crippen LogP contribution in [0.5, 0.6) is 0 Å². The molecule has 100 valence electrons. The van der Waals surface area contributed by atoms with E-state index < -0.39 is 0 Å². The van der Waals surface area contributed by atoms with Crippen molar-refractivity contribution in [3.05, 3.63) is 56.9 Å². The van der Waals surface area contributed by atoms with E-state index in [-0.39, 0.29) is 11.9 Å². The molecule has 1 atom stereocenters. The molecule has 1 heterocycles.